The molecule has 0 unspecified atom stereocenters. The van der Waals surface area contributed by atoms with E-state index in [9.17, 15) is 13.6 Å². The molecule has 0 aliphatic carbocycles. The maximum atomic E-state index is 11.7. The first-order valence-corrected chi connectivity index (χ1v) is 8.24. The summed E-state index contributed by atoms with van der Waals surface area (Å²) in [5, 5.41) is 11.4. The van der Waals surface area contributed by atoms with Crippen LogP contribution in [0.5, 0.6) is 0 Å². The van der Waals surface area contributed by atoms with Gasteiger partial charge < -0.3 is 5.21 Å². The van der Waals surface area contributed by atoms with Crippen LogP contribution in [0.2, 0.25) is 0 Å². The van der Waals surface area contributed by atoms with Gasteiger partial charge in [-0.2, -0.15) is 5.06 Å². The number of sulfonamides is 1. The van der Waals surface area contributed by atoms with Crippen LogP contribution >= 0.6 is 11.6 Å². The van der Waals surface area contributed by atoms with Crippen molar-refractivity contribution in [1.82, 2.24) is 9.79 Å². The van der Waals surface area contributed by atoms with Gasteiger partial charge in [-0.05, 0) is 40.5 Å². The van der Waals surface area contributed by atoms with Gasteiger partial charge in [-0.15, -0.1) is 11.6 Å². The summed E-state index contributed by atoms with van der Waals surface area (Å²) in [6.45, 7) is 7.60. The van der Waals surface area contributed by atoms with Gasteiger partial charge in [0.1, 0.15) is 0 Å². The van der Waals surface area contributed by atoms with Gasteiger partial charge in [0.25, 0.3) is 0 Å². The number of alkyl halides is 1. The monoisotopic (exact) mass is 298 g/mol. The van der Waals surface area contributed by atoms with Crippen molar-refractivity contribution in [1.29, 1.82) is 0 Å². The Bertz CT molecular complexity index is 377. The van der Waals surface area contributed by atoms with Crippen LogP contribution < -0.4 is 4.72 Å². The lowest BCUT2D eigenvalue weighted by Crippen LogP contribution is -2.63. The van der Waals surface area contributed by atoms with E-state index in [1.807, 2.05) is 27.7 Å². The van der Waals surface area contributed by atoms with Gasteiger partial charge in [-0.3, -0.25) is 0 Å². The average molecular weight is 299 g/mol. The minimum atomic E-state index is -3.33. The zero-order valence-electron chi connectivity index (χ0n) is 11.4. The molecule has 1 saturated heterocycles. The Morgan fingerprint density at radius 1 is 1.28 bits per heavy atom. The molecule has 5 nitrogen and oxygen atoms in total. The lowest BCUT2D eigenvalue weighted by atomic mass is 9.79. The molecule has 0 aromatic rings. The highest BCUT2D eigenvalue weighted by Gasteiger charge is 2.45. The van der Waals surface area contributed by atoms with E-state index in [4.69, 9.17) is 11.6 Å². The quantitative estimate of drug-likeness (QED) is 0.773. The normalized spacial score (nSPS) is 25.2. The maximum absolute atomic E-state index is 11.7. The third-order valence-electron chi connectivity index (χ3n) is 3.33. The maximum Gasteiger partial charge on any atom is 0.213 e. The third kappa shape index (κ3) is 3.81. The van der Waals surface area contributed by atoms with Crippen molar-refractivity contribution < 1.29 is 13.6 Å². The van der Waals surface area contributed by atoms with E-state index >= 15 is 0 Å². The van der Waals surface area contributed by atoms with Crippen LogP contribution in [0.3, 0.4) is 0 Å². The Kier molecular flexibility index (Phi) is 4.71. The van der Waals surface area contributed by atoms with E-state index in [-0.39, 0.29) is 17.7 Å². The summed E-state index contributed by atoms with van der Waals surface area (Å²) < 4.78 is 26.1. The topological polar surface area (TPSA) is 69.6 Å². The predicted molar refractivity (Wildman–Crippen MR) is 72.4 cm³/mol. The molecule has 108 valence electrons. The van der Waals surface area contributed by atoms with Crippen LogP contribution in [0.1, 0.15) is 40.5 Å². The molecule has 0 radical (unpaired) electrons. The van der Waals surface area contributed by atoms with Crippen molar-refractivity contribution in [2.75, 3.05) is 11.6 Å². The molecule has 1 aliphatic rings. The SMILES string of the molecule is CC1(C)CC(NS(=O)(=O)CCCl)CC(C)(C)N1O. The molecular weight excluding hydrogens is 276 g/mol. The number of nitrogens with zero attached hydrogens (tertiary/aromatic N) is 1. The Morgan fingerprint density at radius 3 is 2.11 bits per heavy atom. The molecule has 0 amide bonds. The van der Waals surface area contributed by atoms with Crippen molar-refractivity contribution in [2.45, 2.75) is 57.7 Å². The first-order chi connectivity index (χ1) is 8.00. The zero-order chi connectivity index (χ0) is 14.2. The number of nitrogens with one attached hydrogen (secondary N) is 1. The smallest absolute Gasteiger partial charge is 0.213 e. The average Bonchev–Trinajstić information content (AvgIpc) is 2.11. The highest BCUT2D eigenvalue weighted by molar-refractivity contribution is 7.89. The number of piperidine rings is 1. The van der Waals surface area contributed by atoms with Crippen LogP contribution in [0, 0.1) is 0 Å². The molecule has 1 fully saturated rings. The summed E-state index contributed by atoms with van der Waals surface area (Å²) in [4.78, 5) is 0. The van der Waals surface area contributed by atoms with Gasteiger partial charge in [0.15, 0.2) is 0 Å². The number of halogens is 1. The van der Waals surface area contributed by atoms with Crippen LogP contribution in [0.15, 0.2) is 0 Å². The summed E-state index contributed by atoms with van der Waals surface area (Å²) in [5.41, 5.74) is -0.925. The molecular formula is C11H23ClN2O3S. The first-order valence-electron chi connectivity index (χ1n) is 6.05. The van der Waals surface area contributed by atoms with Crippen molar-refractivity contribution >= 4 is 21.6 Å². The zero-order valence-corrected chi connectivity index (χ0v) is 13.0. The molecule has 1 rings (SSSR count). The number of rotatable bonds is 4. The molecule has 2 N–H and O–H groups in total. The lowest BCUT2D eigenvalue weighted by molar-refractivity contribution is -0.245. The van der Waals surface area contributed by atoms with E-state index in [1.54, 1.807) is 0 Å². The molecule has 0 spiro atoms. The minimum Gasteiger partial charge on any atom is -0.313 e. The van der Waals surface area contributed by atoms with Crippen molar-refractivity contribution in [3.05, 3.63) is 0 Å². The van der Waals surface area contributed by atoms with Gasteiger partial charge in [-0.25, -0.2) is 13.1 Å². The van der Waals surface area contributed by atoms with Gasteiger partial charge >= 0.3 is 0 Å². The second kappa shape index (κ2) is 5.25. The lowest BCUT2D eigenvalue weighted by Gasteiger charge is -2.51. The minimum absolute atomic E-state index is 0.0747. The number of hydrogen-bond donors (Lipinski definition) is 2. The fourth-order valence-corrected chi connectivity index (χ4v) is 4.37. The second-order valence-electron chi connectivity index (χ2n) is 6.17. The summed E-state index contributed by atoms with van der Waals surface area (Å²) in [6.07, 6.45) is 1.13. The van der Waals surface area contributed by atoms with Crippen LogP contribution in [0.4, 0.5) is 0 Å². The molecule has 0 bridgehead atoms. The van der Waals surface area contributed by atoms with E-state index in [0.717, 1.165) is 0 Å². The number of hydroxylamine groups is 2. The van der Waals surface area contributed by atoms with E-state index in [2.05, 4.69) is 4.72 Å². The van der Waals surface area contributed by atoms with Crippen LogP contribution in [-0.4, -0.2) is 47.4 Å². The molecule has 0 saturated carbocycles. The molecule has 1 aliphatic heterocycles. The molecule has 0 aromatic carbocycles. The Balaban J connectivity index is 2.82. The van der Waals surface area contributed by atoms with Gasteiger partial charge in [-0.1, -0.05) is 0 Å². The second-order valence-corrected chi connectivity index (χ2v) is 8.42. The molecule has 1 heterocycles. The first kappa shape index (κ1) is 16.2. The fraction of sp³-hybridized carbons (Fsp3) is 1.00. The fourth-order valence-electron chi connectivity index (χ4n) is 2.77. The van der Waals surface area contributed by atoms with Crippen LogP contribution in [-0.2, 0) is 10.0 Å². The predicted octanol–water partition coefficient (Wildman–Crippen LogP) is 1.56. The van der Waals surface area contributed by atoms with E-state index < -0.39 is 21.1 Å². The van der Waals surface area contributed by atoms with Gasteiger partial charge in [0.05, 0.1) is 5.75 Å². The van der Waals surface area contributed by atoms with Crippen molar-refractivity contribution in [3.8, 4) is 0 Å². The van der Waals surface area contributed by atoms with E-state index in [1.165, 1.54) is 5.06 Å². The van der Waals surface area contributed by atoms with Gasteiger partial charge in [0, 0.05) is 23.0 Å². The highest BCUT2D eigenvalue weighted by Crippen LogP contribution is 2.36. The summed E-state index contributed by atoms with van der Waals surface area (Å²) >= 11 is 5.47. The third-order valence-corrected chi connectivity index (χ3v) is 5.18. The van der Waals surface area contributed by atoms with Crippen molar-refractivity contribution in [2.24, 2.45) is 0 Å². The molecule has 0 aromatic heterocycles. The number of hydrogen-bond acceptors (Lipinski definition) is 4. The Morgan fingerprint density at radius 2 is 1.72 bits per heavy atom. The van der Waals surface area contributed by atoms with Crippen molar-refractivity contribution in [3.63, 3.8) is 0 Å². The highest BCUT2D eigenvalue weighted by atomic mass is 35.5. The standard InChI is InChI=1S/C11H23ClN2O3S/c1-10(2)7-9(8-11(3,4)14(10)15)13-18(16,17)6-5-12/h9,13,15H,5-8H2,1-4H3. The molecule has 7 heteroatoms. The molecule has 18 heavy (non-hydrogen) atoms. The van der Waals surface area contributed by atoms with Gasteiger partial charge in [0.2, 0.25) is 10.0 Å². The molecule has 0 atom stereocenters. The largest absolute Gasteiger partial charge is 0.313 e. The summed E-state index contributed by atoms with van der Waals surface area (Å²) in [5.74, 6) is 0.00964. The Hall–Kier alpha value is 0.120. The summed E-state index contributed by atoms with van der Waals surface area (Å²) in [6, 6.07) is -0.174. The summed E-state index contributed by atoms with van der Waals surface area (Å²) in [7, 11) is -3.33. The van der Waals surface area contributed by atoms with Crippen LogP contribution in [0.25, 0.3) is 0 Å². The van der Waals surface area contributed by atoms with E-state index in [0.29, 0.717) is 12.8 Å². The Labute approximate surface area is 115 Å².